The van der Waals surface area contributed by atoms with Crippen LogP contribution in [0, 0.1) is 0 Å². The zero-order valence-electron chi connectivity index (χ0n) is 31.5. The first-order valence-corrected chi connectivity index (χ1v) is 19.8. The van der Waals surface area contributed by atoms with Gasteiger partial charge in [-0.1, -0.05) is 127 Å². The summed E-state index contributed by atoms with van der Waals surface area (Å²) in [7, 11) is 0. The fourth-order valence-electron chi connectivity index (χ4n) is 9.11. The van der Waals surface area contributed by atoms with Crippen LogP contribution in [-0.2, 0) is 0 Å². The lowest BCUT2D eigenvalue weighted by atomic mass is 10.0. The molecule has 4 heteroatoms. The van der Waals surface area contributed by atoms with Crippen LogP contribution in [0.15, 0.2) is 217 Å². The summed E-state index contributed by atoms with van der Waals surface area (Å²) in [6, 6.07) is 76.1. The molecule has 0 saturated heterocycles. The molecule has 0 aliphatic carbocycles. The maximum absolute atomic E-state index is 6.42. The van der Waals surface area contributed by atoms with E-state index in [9.17, 15) is 0 Å². The summed E-state index contributed by atoms with van der Waals surface area (Å²) in [5.41, 5.74) is 14.3. The van der Waals surface area contributed by atoms with E-state index in [2.05, 4.69) is 214 Å². The molecule has 4 nitrogen and oxygen atoms in total. The molecule has 0 fully saturated rings. The monoisotopic (exact) mass is 741 g/mol. The van der Waals surface area contributed by atoms with E-state index in [1.54, 1.807) is 0 Å². The predicted molar refractivity (Wildman–Crippen MR) is 243 cm³/mol. The number of nitrogens with zero attached hydrogens (tertiary/aromatic N) is 3. The minimum Gasteiger partial charge on any atom is -0.455 e. The van der Waals surface area contributed by atoms with Crippen molar-refractivity contribution in [2.24, 2.45) is 0 Å². The van der Waals surface area contributed by atoms with Gasteiger partial charge in [0.15, 0.2) is 0 Å². The fraction of sp³-hybridized carbons (Fsp3) is 0. The van der Waals surface area contributed by atoms with E-state index in [-0.39, 0.29) is 0 Å². The summed E-state index contributed by atoms with van der Waals surface area (Å²) in [5, 5.41) is 7.17. The normalized spacial score (nSPS) is 11.8. The Morgan fingerprint density at radius 1 is 0.328 bits per heavy atom. The highest BCUT2D eigenvalue weighted by Crippen LogP contribution is 2.43. The van der Waals surface area contributed by atoms with Crippen LogP contribution in [0.4, 0.5) is 17.1 Å². The molecule has 9 aromatic carbocycles. The van der Waals surface area contributed by atoms with Crippen LogP contribution in [0.2, 0.25) is 0 Å². The summed E-state index contributed by atoms with van der Waals surface area (Å²) < 4.78 is 11.3. The van der Waals surface area contributed by atoms with Gasteiger partial charge in [-0.25, -0.2) is 0 Å². The summed E-state index contributed by atoms with van der Waals surface area (Å²) in [6.45, 7) is 0. The van der Waals surface area contributed by atoms with E-state index in [0.717, 1.165) is 78.1 Å². The molecule has 3 aromatic heterocycles. The van der Waals surface area contributed by atoms with Gasteiger partial charge in [0.25, 0.3) is 0 Å². The average molecular weight is 742 g/mol. The Labute approximate surface area is 334 Å². The number of furan rings is 1. The number of aromatic nitrogens is 2. The number of hydrogen-bond acceptors (Lipinski definition) is 2. The molecule has 0 spiro atoms. The van der Waals surface area contributed by atoms with E-state index < -0.39 is 0 Å². The smallest absolute Gasteiger partial charge is 0.143 e. The molecule has 0 aliphatic heterocycles. The van der Waals surface area contributed by atoms with Gasteiger partial charge in [0, 0.05) is 66.3 Å². The summed E-state index contributed by atoms with van der Waals surface area (Å²) in [4.78, 5) is 2.34. The fourth-order valence-corrected chi connectivity index (χ4v) is 9.11. The standard InChI is InChI=1S/C54H35N3O/c1-4-15-37(16-5-1)55(38-17-6-2-7-18-38)41-31-32-44-48-34-47-43-21-10-12-25-49(43)56(51(47)35-52(48)57(50(44)33-41)39-19-8-3-9-20-39)40-29-27-36(28-30-40)42-23-14-24-46-45-22-11-13-26-53(45)58-54(42)46/h1-35H. The van der Waals surface area contributed by atoms with E-state index in [4.69, 9.17) is 4.42 Å². The number of benzene rings is 9. The molecule has 272 valence electrons. The van der Waals surface area contributed by atoms with Crippen LogP contribution < -0.4 is 4.90 Å². The van der Waals surface area contributed by atoms with Gasteiger partial charge in [-0.2, -0.15) is 0 Å². The minimum absolute atomic E-state index is 0.909. The lowest BCUT2D eigenvalue weighted by molar-refractivity contribution is 0.670. The molecule has 0 bridgehead atoms. The van der Waals surface area contributed by atoms with Crippen LogP contribution in [0.5, 0.6) is 0 Å². The molecule has 0 radical (unpaired) electrons. The van der Waals surface area contributed by atoms with Gasteiger partial charge >= 0.3 is 0 Å². The summed E-state index contributed by atoms with van der Waals surface area (Å²) in [6.07, 6.45) is 0. The lowest BCUT2D eigenvalue weighted by Crippen LogP contribution is -2.09. The lowest BCUT2D eigenvalue weighted by Gasteiger charge is -2.25. The molecular formula is C54H35N3O. The molecule has 0 N–H and O–H groups in total. The molecule has 0 atom stereocenters. The first kappa shape index (κ1) is 32.4. The van der Waals surface area contributed by atoms with Crippen molar-refractivity contribution in [2.45, 2.75) is 0 Å². The second-order valence-electron chi connectivity index (χ2n) is 14.9. The van der Waals surface area contributed by atoms with E-state index >= 15 is 0 Å². The van der Waals surface area contributed by atoms with Gasteiger partial charge in [0.05, 0.1) is 22.1 Å². The Balaban J connectivity index is 1.08. The van der Waals surface area contributed by atoms with Gasteiger partial charge in [-0.05, 0) is 90.5 Å². The Hall–Kier alpha value is -7.82. The van der Waals surface area contributed by atoms with Gasteiger partial charge in [0.2, 0.25) is 0 Å². The molecule has 0 aliphatic rings. The van der Waals surface area contributed by atoms with E-state index in [0.29, 0.717) is 0 Å². The van der Waals surface area contributed by atoms with Gasteiger partial charge in [-0.3, -0.25) is 0 Å². The molecule has 0 unspecified atom stereocenters. The predicted octanol–water partition coefficient (Wildman–Crippen LogP) is 14.9. The molecular weight excluding hydrogens is 707 g/mol. The van der Waals surface area contributed by atoms with Gasteiger partial charge in [-0.15, -0.1) is 0 Å². The molecule has 0 amide bonds. The van der Waals surface area contributed by atoms with Crippen molar-refractivity contribution >= 4 is 82.6 Å². The average Bonchev–Trinajstić information content (AvgIpc) is 3.94. The van der Waals surface area contributed by atoms with Crippen molar-refractivity contribution in [1.82, 2.24) is 9.13 Å². The molecule has 12 rings (SSSR count). The minimum atomic E-state index is 0.909. The Morgan fingerprint density at radius 2 is 0.879 bits per heavy atom. The number of hydrogen-bond donors (Lipinski definition) is 0. The highest BCUT2D eigenvalue weighted by atomic mass is 16.3. The highest BCUT2D eigenvalue weighted by Gasteiger charge is 2.21. The third-order valence-electron chi connectivity index (χ3n) is 11.7. The van der Waals surface area contributed by atoms with Crippen molar-refractivity contribution in [3.05, 3.63) is 212 Å². The van der Waals surface area contributed by atoms with Crippen LogP contribution in [0.1, 0.15) is 0 Å². The number of anilines is 3. The molecule has 12 aromatic rings. The number of rotatable bonds is 6. The second kappa shape index (κ2) is 12.9. The zero-order chi connectivity index (χ0) is 38.2. The van der Waals surface area contributed by atoms with Crippen molar-refractivity contribution in [3.8, 4) is 22.5 Å². The van der Waals surface area contributed by atoms with E-state index in [1.165, 1.54) is 27.1 Å². The van der Waals surface area contributed by atoms with Crippen molar-refractivity contribution in [2.75, 3.05) is 4.90 Å². The Kier molecular flexibility index (Phi) is 7.20. The summed E-state index contributed by atoms with van der Waals surface area (Å²) in [5.74, 6) is 0. The summed E-state index contributed by atoms with van der Waals surface area (Å²) >= 11 is 0. The van der Waals surface area contributed by atoms with Gasteiger partial charge in [0.1, 0.15) is 11.2 Å². The Bertz CT molecular complexity index is 3450. The van der Waals surface area contributed by atoms with Crippen LogP contribution >= 0.6 is 0 Å². The number of para-hydroxylation sites is 6. The van der Waals surface area contributed by atoms with E-state index in [1.807, 2.05) is 12.1 Å². The first-order valence-electron chi connectivity index (χ1n) is 19.8. The maximum Gasteiger partial charge on any atom is 0.143 e. The van der Waals surface area contributed by atoms with Crippen molar-refractivity contribution < 1.29 is 4.42 Å². The molecule has 3 heterocycles. The molecule has 58 heavy (non-hydrogen) atoms. The van der Waals surface area contributed by atoms with Crippen LogP contribution in [0.3, 0.4) is 0 Å². The van der Waals surface area contributed by atoms with Crippen molar-refractivity contribution in [3.63, 3.8) is 0 Å². The maximum atomic E-state index is 6.42. The van der Waals surface area contributed by atoms with Crippen LogP contribution in [-0.4, -0.2) is 9.13 Å². The third kappa shape index (κ3) is 4.95. The molecule has 0 saturated carbocycles. The topological polar surface area (TPSA) is 26.2 Å². The first-order chi connectivity index (χ1) is 28.8. The second-order valence-corrected chi connectivity index (χ2v) is 14.9. The quantitative estimate of drug-likeness (QED) is 0.170. The largest absolute Gasteiger partial charge is 0.455 e. The Morgan fingerprint density at radius 3 is 1.60 bits per heavy atom. The SMILES string of the molecule is c1ccc(N(c2ccccc2)c2ccc3c4cc5c6ccccc6n(-c6ccc(-c7cccc8c7oc7ccccc78)cc6)c5cc4n(-c4ccccc4)c3c2)cc1. The van der Waals surface area contributed by atoms with Crippen molar-refractivity contribution in [1.29, 1.82) is 0 Å². The van der Waals surface area contributed by atoms with Gasteiger partial charge < -0.3 is 18.5 Å². The van der Waals surface area contributed by atoms with Crippen LogP contribution in [0.25, 0.3) is 88.1 Å². The zero-order valence-corrected chi connectivity index (χ0v) is 31.5. The highest BCUT2D eigenvalue weighted by molar-refractivity contribution is 6.19. The number of fused-ring (bicyclic) bond motifs is 9. The third-order valence-corrected chi connectivity index (χ3v) is 11.7.